The fourth-order valence-corrected chi connectivity index (χ4v) is 1.90. The third-order valence-electron chi connectivity index (χ3n) is 3.00. The molecule has 88 valence electrons. The molecule has 1 aliphatic heterocycles. The van der Waals surface area contributed by atoms with Gasteiger partial charge in [0.15, 0.2) is 0 Å². The molecule has 1 heterocycles. The van der Waals surface area contributed by atoms with Gasteiger partial charge in [0, 0.05) is 12.6 Å². The maximum atomic E-state index is 11.3. The van der Waals surface area contributed by atoms with Gasteiger partial charge in [-0.2, -0.15) is 0 Å². The molecule has 3 N–H and O–H groups in total. The monoisotopic (exact) mass is 213 g/mol. The van der Waals surface area contributed by atoms with Gasteiger partial charge in [0.2, 0.25) is 5.91 Å². The Balaban J connectivity index is 2.22. The van der Waals surface area contributed by atoms with E-state index in [1.165, 1.54) is 19.3 Å². The zero-order chi connectivity index (χ0) is 11.3. The summed E-state index contributed by atoms with van der Waals surface area (Å²) in [6.07, 6.45) is 3.91. The van der Waals surface area contributed by atoms with Crippen molar-refractivity contribution in [3.63, 3.8) is 0 Å². The highest BCUT2D eigenvalue weighted by Gasteiger charge is 2.17. The molecule has 1 amide bonds. The highest BCUT2D eigenvalue weighted by atomic mass is 16.2. The molecule has 1 aliphatic rings. The predicted octanol–water partition coefficient (Wildman–Crippen LogP) is 0.324. The minimum Gasteiger partial charge on any atom is -0.353 e. The summed E-state index contributed by atoms with van der Waals surface area (Å²) < 4.78 is 0. The molecule has 4 heteroatoms. The highest BCUT2D eigenvalue weighted by Crippen LogP contribution is 2.11. The molecule has 0 aromatic heterocycles. The van der Waals surface area contributed by atoms with E-state index in [2.05, 4.69) is 17.1 Å². The standard InChI is InChI=1S/C11H23N3O/c1-9(8-13-11(15)10(2)12)14-6-4-3-5-7-14/h9-10H,3-8,12H2,1-2H3,(H,13,15)/t9?,10-/m0/s1. The van der Waals surface area contributed by atoms with Crippen LogP contribution < -0.4 is 11.1 Å². The number of amides is 1. The fourth-order valence-electron chi connectivity index (χ4n) is 1.90. The molecule has 1 saturated heterocycles. The summed E-state index contributed by atoms with van der Waals surface area (Å²) in [5, 5.41) is 2.87. The Morgan fingerprint density at radius 2 is 1.93 bits per heavy atom. The number of nitrogens with one attached hydrogen (secondary N) is 1. The maximum absolute atomic E-state index is 11.3. The Labute approximate surface area is 92.2 Å². The van der Waals surface area contributed by atoms with E-state index < -0.39 is 6.04 Å². The summed E-state index contributed by atoms with van der Waals surface area (Å²) in [7, 11) is 0. The van der Waals surface area contributed by atoms with Gasteiger partial charge in [-0.3, -0.25) is 9.69 Å². The number of carbonyl (C=O) groups excluding carboxylic acids is 1. The number of carbonyl (C=O) groups is 1. The van der Waals surface area contributed by atoms with Gasteiger partial charge in [0.05, 0.1) is 6.04 Å². The number of piperidine rings is 1. The molecule has 0 spiro atoms. The number of likely N-dealkylation sites (tertiary alicyclic amines) is 1. The predicted molar refractivity (Wildman–Crippen MR) is 61.5 cm³/mol. The van der Waals surface area contributed by atoms with Crippen LogP contribution in [0.1, 0.15) is 33.1 Å². The Morgan fingerprint density at radius 1 is 1.33 bits per heavy atom. The Hall–Kier alpha value is -0.610. The van der Waals surface area contributed by atoms with Crippen molar-refractivity contribution in [2.75, 3.05) is 19.6 Å². The van der Waals surface area contributed by atoms with Crippen LogP contribution in [-0.2, 0) is 4.79 Å². The highest BCUT2D eigenvalue weighted by molar-refractivity contribution is 5.80. The van der Waals surface area contributed by atoms with E-state index in [9.17, 15) is 4.79 Å². The van der Waals surface area contributed by atoms with Crippen LogP contribution in [-0.4, -0.2) is 42.5 Å². The van der Waals surface area contributed by atoms with Gasteiger partial charge < -0.3 is 11.1 Å². The zero-order valence-electron chi connectivity index (χ0n) is 9.83. The summed E-state index contributed by atoms with van der Waals surface area (Å²) in [5.41, 5.74) is 5.47. The van der Waals surface area contributed by atoms with E-state index in [0.29, 0.717) is 12.6 Å². The fraction of sp³-hybridized carbons (Fsp3) is 0.909. The van der Waals surface area contributed by atoms with Crippen LogP contribution in [0.5, 0.6) is 0 Å². The Bertz CT molecular complexity index is 200. The lowest BCUT2D eigenvalue weighted by atomic mass is 10.1. The van der Waals surface area contributed by atoms with E-state index in [1.54, 1.807) is 6.92 Å². The molecule has 1 rings (SSSR count). The Kier molecular flexibility index (Phi) is 5.05. The molecule has 0 aromatic rings. The molecule has 4 nitrogen and oxygen atoms in total. The van der Waals surface area contributed by atoms with Crippen molar-refractivity contribution in [3.05, 3.63) is 0 Å². The Morgan fingerprint density at radius 3 is 2.47 bits per heavy atom. The summed E-state index contributed by atoms with van der Waals surface area (Å²) in [4.78, 5) is 13.7. The van der Waals surface area contributed by atoms with Gasteiger partial charge >= 0.3 is 0 Å². The molecule has 0 saturated carbocycles. The first kappa shape index (κ1) is 12.5. The van der Waals surface area contributed by atoms with Gasteiger partial charge in [-0.25, -0.2) is 0 Å². The van der Waals surface area contributed by atoms with Crippen molar-refractivity contribution >= 4 is 5.91 Å². The van der Waals surface area contributed by atoms with Crippen LogP contribution in [0.15, 0.2) is 0 Å². The van der Waals surface area contributed by atoms with Crippen molar-refractivity contribution < 1.29 is 4.79 Å². The summed E-state index contributed by atoms with van der Waals surface area (Å²) in [5.74, 6) is -0.0566. The lowest BCUT2D eigenvalue weighted by Gasteiger charge is -2.32. The summed E-state index contributed by atoms with van der Waals surface area (Å²) in [6, 6.07) is 0.0200. The van der Waals surface area contributed by atoms with E-state index in [1.807, 2.05) is 0 Å². The van der Waals surface area contributed by atoms with Crippen LogP contribution in [0.25, 0.3) is 0 Å². The van der Waals surface area contributed by atoms with Crippen LogP contribution in [0, 0.1) is 0 Å². The van der Waals surface area contributed by atoms with Crippen molar-refractivity contribution in [1.29, 1.82) is 0 Å². The first-order valence-electron chi connectivity index (χ1n) is 5.88. The molecule has 15 heavy (non-hydrogen) atoms. The normalized spacial score (nSPS) is 22.1. The first-order chi connectivity index (χ1) is 7.11. The number of rotatable bonds is 4. The smallest absolute Gasteiger partial charge is 0.236 e. The van der Waals surface area contributed by atoms with Crippen LogP contribution in [0.4, 0.5) is 0 Å². The number of hydrogen-bond donors (Lipinski definition) is 2. The van der Waals surface area contributed by atoms with Crippen LogP contribution >= 0.6 is 0 Å². The van der Waals surface area contributed by atoms with E-state index in [-0.39, 0.29) is 5.91 Å². The zero-order valence-corrected chi connectivity index (χ0v) is 9.83. The average molecular weight is 213 g/mol. The second-order valence-corrected chi connectivity index (χ2v) is 4.48. The molecule has 1 unspecified atom stereocenters. The molecule has 1 fully saturated rings. The number of nitrogens with zero attached hydrogens (tertiary/aromatic N) is 1. The van der Waals surface area contributed by atoms with Crippen LogP contribution in [0.2, 0.25) is 0 Å². The SMILES string of the molecule is CC(CNC(=O)[C@H](C)N)N1CCCCC1. The molecule has 0 aliphatic carbocycles. The number of hydrogen-bond acceptors (Lipinski definition) is 3. The van der Waals surface area contributed by atoms with Crippen molar-refractivity contribution in [3.8, 4) is 0 Å². The average Bonchev–Trinajstić information content (AvgIpc) is 2.26. The molecule has 0 radical (unpaired) electrons. The van der Waals surface area contributed by atoms with Crippen LogP contribution in [0.3, 0.4) is 0 Å². The molecule has 0 aromatic carbocycles. The van der Waals surface area contributed by atoms with Crippen molar-refractivity contribution in [2.45, 2.75) is 45.2 Å². The van der Waals surface area contributed by atoms with Gasteiger partial charge in [-0.15, -0.1) is 0 Å². The van der Waals surface area contributed by atoms with E-state index >= 15 is 0 Å². The lowest BCUT2D eigenvalue weighted by Crippen LogP contribution is -2.47. The van der Waals surface area contributed by atoms with Crippen molar-refractivity contribution in [2.24, 2.45) is 5.73 Å². The van der Waals surface area contributed by atoms with E-state index in [4.69, 9.17) is 5.73 Å². The first-order valence-corrected chi connectivity index (χ1v) is 5.88. The van der Waals surface area contributed by atoms with E-state index in [0.717, 1.165) is 13.1 Å². The minimum atomic E-state index is -0.404. The molecular weight excluding hydrogens is 190 g/mol. The lowest BCUT2D eigenvalue weighted by molar-refractivity contribution is -0.122. The van der Waals surface area contributed by atoms with Gasteiger partial charge in [-0.05, 0) is 39.8 Å². The summed E-state index contributed by atoms with van der Waals surface area (Å²) in [6.45, 7) is 6.90. The number of nitrogens with two attached hydrogens (primary N) is 1. The largest absolute Gasteiger partial charge is 0.353 e. The second-order valence-electron chi connectivity index (χ2n) is 4.48. The minimum absolute atomic E-state index is 0.0566. The quantitative estimate of drug-likeness (QED) is 0.707. The topological polar surface area (TPSA) is 58.4 Å². The molecule has 0 bridgehead atoms. The van der Waals surface area contributed by atoms with Gasteiger partial charge in [0.25, 0.3) is 0 Å². The third kappa shape index (κ3) is 4.18. The summed E-state index contributed by atoms with van der Waals surface area (Å²) >= 11 is 0. The van der Waals surface area contributed by atoms with Crippen molar-refractivity contribution in [1.82, 2.24) is 10.2 Å². The van der Waals surface area contributed by atoms with Gasteiger partial charge in [-0.1, -0.05) is 6.42 Å². The van der Waals surface area contributed by atoms with Gasteiger partial charge in [0.1, 0.15) is 0 Å². The second kappa shape index (κ2) is 6.08. The maximum Gasteiger partial charge on any atom is 0.236 e. The molecule has 2 atom stereocenters. The molecular formula is C11H23N3O. The third-order valence-corrected chi connectivity index (χ3v) is 3.00.